The molecule has 0 bridgehead atoms. The molecule has 0 fully saturated rings. The largest absolute Gasteiger partial charge is 0.416 e. The molecular formula is C10H5ClF4O2. The van der Waals surface area contributed by atoms with Crippen molar-refractivity contribution < 1.29 is 26.6 Å². The molecule has 0 aliphatic heterocycles. The van der Waals surface area contributed by atoms with E-state index in [9.17, 15) is 22.4 Å². The minimum atomic E-state index is -4.61. The van der Waals surface area contributed by atoms with E-state index in [-0.39, 0.29) is 5.56 Å². The van der Waals surface area contributed by atoms with Crippen LogP contribution in [0.4, 0.5) is 17.6 Å². The molecule has 2 nitrogen and oxygen atoms in total. The van der Waals surface area contributed by atoms with Gasteiger partial charge in [-0.15, -0.1) is 0 Å². The SMILES string of the molecule is O=C(/C=C/c1ccc(C(F)(F)F)cc1F)OCl. The highest BCUT2D eigenvalue weighted by atomic mass is 35.5. The van der Waals surface area contributed by atoms with Crippen LogP contribution in [0.5, 0.6) is 0 Å². The molecule has 0 heterocycles. The van der Waals surface area contributed by atoms with Gasteiger partial charge in [0.1, 0.15) is 17.7 Å². The van der Waals surface area contributed by atoms with Gasteiger partial charge in [0, 0.05) is 11.6 Å². The highest BCUT2D eigenvalue weighted by molar-refractivity contribution is 6.15. The molecule has 0 saturated heterocycles. The molecule has 0 unspecified atom stereocenters. The van der Waals surface area contributed by atoms with Gasteiger partial charge in [-0.3, -0.25) is 0 Å². The molecule has 1 rings (SSSR count). The number of hydrogen-bond acceptors (Lipinski definition) is 2. The van der Waals surface area contributed by atoms with E-state index < -0.39 is 23.5 Å². The minimum Gasteiger partial charge on any atom is -0.344 e. The Balaban J connectivity index is 2.99. The summed E-state index contributed by atoms with van der Waals surface area (Å²) in [6.07, 6.45) is -2.86. The Morgan fingerprint density at radius 2 is 2.00 bits per heavy atom. The van der Waals surface area contributed by atoms with Gasteiger partial charge in [-0.25, -0.2) is 9.18 Å². The van der Waals surface area contributed by atoms with Crippen molar-refractivity contribution in [3.63, 3.8) is 0 Å². The second kappa shape index (κ2) is 5.18. The normalized spacial score (nSPS) is 11.8. The average Bonchev–Trinajstić information content (AvgIpc) is 2.25. The van der Waals surface area contributed by atoms with E-state index in [0.29, 0.717) is 12.1 Å². The Kier molecular flexibility index (Phi) is 4.11. The van der Waals surface area contributed by atoms with Crippen molar-refractivity contribution in [1.29, 1.82) is 0 Å². The molecule has 0 saturated carbocycles. The number of alkyl halides is 3. The average molecular weight is 269 g/mol. The second-order valence-electron chi connectivity index (χ2n) is 2.96. The molecule has 0 aliphatic rings. The molecule has 7 heteroatoms. The molecule has 0 aliphatic carbocycles. The summed E-state index contributed by atoms with van der Waals surface area (Å²) in [6, 6.07) is 1.94. The van der Waals surface area contributed by atoms with Gasteiger partial charge in [0.25, 0.3) is 0 Å². The number of hydrogen-bond donors (Lipinski definition) is 0. The zero-order chi connectivity index (χ0) is 13.1. The van der Waals surface area contributed by atoms with Crippen molar-refractivity contribution in [2.24, 2.45) is 0 Å². The summed E-state index contributed by atoms with van der Waals surface area (Å²) in [5.74, 6) is -2.05. The fourth-order valence-electron chi connectivity index (χ4n) is 1.02. The van der Waals surface area contributed by atoms with Crippen LogP contribution in [0, 0.1) is 5.82 Å². The Labute approximate surface area is 98.6 Å². The van der Waals surface area contributed by atoms with Gasteiger partial charge in [-0.2, -0.15) is 13.2 Å². The van der Waals surface area contributed by atoms with Gasteiger partial charge in [0.05, 0.1) is 5.56 Å². The first kappa shape index (κ1) is 13.5. The Hall–Kier alpha value is -1.56. The monoisotopic (exact) mass is 268 g/mol. The zero-order valence-corrected chi connectivity index (χ0v) is 8.85. The summed E-state index contributed by atoms with van der Waals surface area (Å²) < 4.78 is 53.5. The number of carbonyl (C=O) groups is 1. The third-order valence-electron chi connectivity index (χ3n) is 1.80. The van der Waals surface area contributed by atoms with Crippen molar-refractivity contribution in [2.75, 3.05) is 0 Å². The van der Waals surface area contributed by atoms with Crippen molar-refractivity contribution in [2.45, 2.75) is 6.18 Å². The molecule has 0 spiro atoms. The maximum absolute atomic E-state index is 13.2. The van der Waals surface area contributed by atoms with Gasteiger partial charge >= 0.3 is 12.1 Å². The van der Waals surface area contributed by atoms with E-state index in [0.717, 1.165) is 18.2 Å². The predicted molar refractivity (Wildman–Crippen MR) is 52.4 cm³/mol. The Bertz CT molecular complexity index is 454. The van der Waals surface area contributed by atoms with Crippen LogP contribution in [0.25, 0.3) is 6.08 Å². The predicted octanol–water partition coefficient (Wildman–Crippen LogP) is 3.55. The summed E-state index contributed by atoms with van der Waals surface area (Å²) >= 11 is 4.70. The molecule has 0 aromatic heterocycles. The van der Waals surface area contributed by atoms with E-state index >= 15 is 0 Å². The van der Waals surface area contributed by atoms with E-state index in [4.69, 9.17) is 11.9 Å². The highest BCUT2D eigenvalue weighted by Crippen LogP contribution is 2.30. The quantitative estimate of drug-likeness (QED) is 0.606. The van der Waals surface area contributed by atoms with Crippen LogP contribution in [0.1, 0.15) is 11.1 Å². The van der Waals surface area contributed by atoms with E-state index in [2.05, 4.69) is 4.29 Å². The van der Waals surface area contributed by atoms with Gasteiger partial charge in [-0.1, -0.05) is 6.07 Å². The van der Waals surface area contributed by atoms with E-state index in [1.807, 2.05) is 0 Å². The van der Waals surface area contributed by atoms with Crippen LogP contribution in [0.15, 0.2) is 24.3 Å². The number of carbonyl (C=O) groups excluding carboxylic acids is 1. The number of benzene rings is 1. The van der Waals surface area contributed by atoms with Crippen LogP contribution in [0.3, 0.4) is 0 Å². The first-order valence-electron chi connectivity index (χ1n) is 4.22. The molecule has 0 N–H and O–H groups in total. The van der Waals surface area contributed by atoms with Crippen LogP contribution < -0.4 is 0 Å². The lowest BCUT2D eigenvalue weighted by Gasteiger charge is -2.07. The van der Waals surface area contributed by atoms with Crippen LogP contribution >= 0.6 is 11.9 Å². The summed E-state index contributed by atoms with van der Waals surface area (Å²) in [4.78, 5) is 10.6. The van der Waals surface area contributed by atoms with Gasteiger partial charge < -0.3 is 4.29 Å². The molecule has 1 aromatic carbocycles. The third-order valence-corrected chi connectivity index (χ3v) is 1.95. The summed E-state index contributed by atoms with van der Waals surface area (Å²) in [7, 11) is 0. The highest BCUT2D eigenvalue weighted by Gasteiger charge is 2.30. The topological polar surface area (TPSA) is 26.3 Å². The van der Waals surface area contributed by atoms with Crippen molar-refractivity contribution in [3.8, 4) is 0 Å². The van der Waals surface area contributed by atoms with Crippen molar-refractivity contribution in [1.82, 2.24) is 0 Å². The molecule has 92 valence electrons. The van der Waals surface area contributed by atoms with Crippen LogP contribution in [0.2, 0.25) is 0 Å². The molecule has 1 aromatic rings. The molecule has 0 atom stereocenters. The van der Waals surface area contributed by atoms with Crippen LogP contribution in [-0.2, 0) is 15.3 Å². The Morgan fingerprint density at radius 3 is 2.47 bits per heavy atom. The Morgan fingerprint density at radius 1 is 1.35 bits per heavy atom. The minimum absolute atomic E-state index is 0.180. The number of rotatable bonds is 2. The lowest BCUT2D eigenvalue weighted by molar-refractivity contribution is -0.137. The molecule has 17 heavy (non-hydrogen) atoms. The van der Waals surface area contributed by atoms with Gasteiger partial charge in [0.15, 0.2) is 0 Å². The first-order chi connectivity index (χ1) is 7.84. The fourth-order valence-corrected chi connectivity index (χ4v) is 1.07. The van der Waals surface area contributed by atoms with E-state index in [1.54, 1.807) is 0 Å². The standard InChI is InChI=1S/C10H5ClF4O2/c11-17-9(16)4-2-6-1-3-7(5-8(6)12)10(13,14)15/h1-5H/b4-2+. The van der Waals surface area contributed by atoms with Crippen LogP contribution in [-0.4, -0.2) is 5.97 Å². The summed E-state index contributed by atoms with van der Waals surface area (Å²) in [6.45, 7) is 0. The lowest BCUT2D eigenvalue weighted by atomic mass is 10.1. The number of halogens is 5. The molecule has 0 radical (unpaired) electrons. The maximum atomic E-state index is 13.2. The van der Waals surface area contributed by atoms with Gasteiger partial charge in [-0.05, 0) is 18.2 Å². The smallest absolute Gasteiger partial charge is 0.344 e. The molecular weight excluding hydrogens is 264 g/mol. The lowest BCUT2D eigenvalue weighted by Crippen LogP contribution is -2.05. The third kappa shape index (κ3) is 3.74. The zero-order valence-electron chi connectivity index (χ0n) is 8.09. The maximum Gasteiger partial charge on any atom is 0.416 e. The fraction of sp³-hybridized carbons (Fsp3) is 0.100. The first-order valence-corrected chi connectivity index (χ1v) is 4.53. The summed E-state index contributed by atoms with van der Waals surface area (Å²) in [5, 5.41) is 0. The summed E-state index contributed by atoms with van der Waals surface area (Å²) in [5.41, 5.74) is -1.29. The molecule has 0 amide bonds. The van der Waals surface area contributed by atoms with Gasteiger partial charge in [0.2, 0.25) is 0 Å². The van der Waals surface area contributed by atoms with Crippen molar-refractivity contribution >= 4 is 23.9 Å². The second-order valence-corrected chi connectivity index (χ2v) is 3.12. The van der Waals surface area contributed by atoms with Crippen molar-refractivity contribution in [3.05, 3.63) is 41.2 Å². The van der Waals surface area contributed by atoms with E-state index in [1.165, 1.54) is 0 Å².